The minimum absolute atomic E-state index is 0.157. The molecule has 27 heavy (non-hydrogen) atoms. The minimum Gasteiger partial charge on any atom is -0.321 e. The summed E-state index contributed by atoms with van der Waals surface area (Å²) in [6, 6.07) is 13.9. The number of hydrogen-bond donors (Lipinski definition) is 1. The first-order chi connectivity index (χ1) is 12.9. The molecule has 142 valence electrons. The predicted molar refractivity (Wildman–Crippen MR) is 113 cm³/mol. The van der Waals surface area contributed by atoms with Crippen molar-refractivity contribution in [1.29, 1.82) is 5.26 Å². The average Bonchev–Trinajstić information content (AvgIpc) is 2.64. The molecule has 2 aromatic carbocycles. The molecule has 1 amide bonds. The van der Waals surface area contributed by atoms with E-state index in [4.69, 9.17) is 14.3 Å². The molecule has 2 aromatic rings. The van der Waals surface area contributed by atoms with Crippen LogP contribution in [0.4, 0.5) is 5.69 Å². The minimum atomic E-state index is -3.18. The van der Waals surface area contributed by atoms with E-state index in [0.29, 0.717) is 30.0 Å². The average molecular weight is 498 g/mol. The van der Waals surface area contributed by atoms with Gasteiger partial charge in [0.05, 0.1) is 36.7 Å². The maximum atomic E-state index is 12.6. The molecule has 0 aliphatic heterocycles. The highest BCUT2D eigenvalue weighted by Crippen LogP contribution is 2.51. The number of amides is 1. The van der Waals surface area contributed by atoms with Gasteiger partial charge in [-0.05, 0) is 72.3 Å². The van der Waals surface area contributed by atoms with Gasteiger partial charge in [-0.3, -0.25) is 9.36 Å². The van der Waals surface area contributed by atoms with E-state index in [-0.39, 0.29) is 12.1 Å². The lowest BCUT2D eigenvalue weighted by Crippen LogP contribution is -2.13. The van der Waals surface area contributed by atoms with Gasteiger partial charge in [0.2, 0.25) is 0 Å². The molecular weight excluding hydrogens is 478 g/mol. The fourth-order valence-corrected chi connectivity index (χ4v) is 4.74. The maximum Gasteiger partial charge on any atom is 0.335 e. The molecule has 0 aromatic heterocycles. The highest BCUT2D eigenvalue weighted by Gasteiger charge is 2.24. The second-order valence-electron chi connectivity index (χ2n) is 5.56. The number of carbonyl (C=O) groups excluding carboxylic acids is 1. The zero-order valence-corrected chi connectivity index (χ0v) is 18.1. The van der Waals surface area contributed by atoms with Crippen LogP contribution in [0.25, 0.3) is 0 Å². The summed E-state index contributed by atoms with van der Waals surface area (Å²) in [6.07, 6.45) is 0.157. The first kappa shape index (κ1) is 21.6. The third kappa shape index (κ3) is 6.15. The van der Waals surface area contributed by atoms with Gasteiger partial charge in [-0.2, -0.15) is 5.26 Å². The quantitative estimate of drug-likeness (QED) is 0.400. The maximum absolute atomic E-state index is 12.6. The molecule has 1 N–H and O–H groups in total. The summed E-state index contributed by atoms with van der Waals surface area (Å²) in [7, 11) is -3.18. The zero-order chi connectivity index (χ0) is 19.9. The number of nitriles is 1. The predicted octanol–water partition coefficient (Wildman–Crippen LogP) is 5.18. The number of nitrogens with zero attached hydrogens (tertiary/aromatic N) is 1. The molecule has 6 nitrogen and oxygen atoms in total. The molecule has 0 unspecified atom stereocenters. The van der Waals surface area contributed by atoms with Crippen LogP contribution in [0.2, 0.25) is 0 Å². The summed E-state index contributed by atoms with van der Waals surface area (Å²) in [4.78, 5) is 12.4. The van der Waals surface area contributed by atoms with Crippen LogP contribution in [0.5, 0.6) is 0 Å². The fourth-order valence-electron chi connectivity index (χ4n) is 2.39. The SMILES string of the molecule is CCOP(=O)(Cc1ccc(C(=O)Nc2ccc(C#N)cc2I)cc1)OCC. The lowest BCUT2D eigenvalue weighted by Gasteiger charge is -2.17. The molecular formula is C19H20IN2O4P. The highest BCUT2D eigenvalue weighted by atomic mass is 127. The monoisotopic (exact) mass is 498 g/mol. The lowest BCUT2D eigenvalue weighted by atomic mass is 10.1. The Bertz CT molecular complexity index is 884. The molecule has 0 aliphatic rings. The molecule has 0 spiro atoms. The molecule has 2 rings (SSSR count). The Morgan fingerprint density at radius 3 is 2.30 bits per heavy atom. The first-order valence-electron chi connectivity index (χ1n) is 8.39. The molecule has 8 heteroatoms. The summed E-state index contributed by atoms with van der Waals surface area (Å²) in [5.74, 6) is -0.262. The second-order valence-corrected chi connectivity index (χ2v) is 8.78. The van der Waals surface area contributed by atoms with Gasteiger partial charge in [0.1, 0.15) is 0 Å². The molecule has 0 atom stereocenters. The smallest absolute Gasteiger partial charge is 0.321 e. The van der Waals surface area contributed by atoms with E-state index in [0.717, 1.165) is 9.13 Å². The Morgan fingerprint density at radius 1 is 1.15 bits per heavy atom. The van der Waals surface area contributed by atoms with Gasteiger partial charge in [0.25, 0.3) is 5.91 Å². The normalized spacial score (nSPS) is 11.0. The lowest BCUT2D eigenvalue weighted by molar-refractivity contribution is 0.102. The summed E-state index contributed by atoms with van der Waals surface area (Å²) < 4.78 is 24.0. The Kier molecular flexibility index (Phi) is 7.99. The van der Waals surface area contributed by atoms with E-state index in [1.54, 1.807) is 56.3 Å². The zero-order valence-electron chi connectivity index (χ0n) is 15.1. The first-order valence-corrected chi connectivity index (χ1v) is 11.2. The molecule has 0 heterocycles. The fraction of sp³-hybridized carbons (Fsp3) is 0.263. The Labute approximate surface area is 172 Å². The largest absolute Gasteiger partial charge is 0.335 e. The van der Waals surface area contributed by atoms with Crippen LogP contribution in [0, 0.1) is 14.9 Å². The van der Waals surface area contributed by atoms with Crippen molar-refractivity contribution >= 4 is 41.8 Å². The molecule has 0 bridgehead atoms. The topological polar surface area (TPSA) is 88.4 Å². The van der Waals surface area contributed by atoms with E-state index >= 15 is 0 Å². The number of halogens is 1. The van der Waals surface area contributed by atoms with Crippen molar-refractivity contribution < 1.29 is 18.4 Å². The van der Waals surface area contributed by atoms with Crippen LogP contribution in [-0.2, 0) is 19.8 Å². The van der Waals surface area contributed by atoms with Crippen LogP contribution in [0.15, 0.2) is 42.5 Å². The molecule has 0 saturated heterocycles. The number of carbonyl (C=O) groups is 1. The van der Waals surface area contributed by atoms with Crippen molar-refractivity contribution in [2.75, 3.05) is 18.5 Å². The van der Waals surface area contributed by atoms with Gasteiger partial charge in [-0.15, -0.1) is 0 Å². The van der Waals surface area contributed by atoms with E-state index in [1.807, 2.05) is 0 Å². The number of hydrogen-bond acceptors (Lipinski definition) is 5. The van der Waals surface area contributed by atoms with Crippen molar-refractivity contribution in [3.8, 4) is 6.07 Å². The van der Waals surface area contributed by atoms with E-state index in [1.165, 1.54) is 0 Å². The number of anilines is 1. The van der Waals surface area contributed by atoms with Gasteiger partial charge in [-0.25, -0.2) is 0 Å². The van der Waals surface area contributed by atoms with Crippen LogP contribution >= 0.6 is 30.2 Å². The highest BCUT2D eigenvalue weighted by molar-refractivity contribution is 14.1. The summed E-state index contributed by atoms with van der Waals surface area (Å²) in [5.41, 5.74) is 2.42. The van der Waals surface area contributed by atoms with Gasteiger partial charge in [-0.1, -0.05) is 12.1 Å². The van der Waals surface area contributed by atoms with Crippen molar-refractivity contribution in [3.05, 3.63) is 62.7 Å². The summed E-state index contributed by atoms with van der Waals surface area (Å²) in [5, 5.41) is 11.7. The standard InChI is InChI=1S/C19H20IN2O4P/c1-3-25-27(24,26-4-2)13-14-5-8-16(9-6-14)19(23)22-18-10-7-15(12-21)11-17(18)20/h5-11H,3-4,13H2,1-2H3,(H,22,23). The van der Waals surface area contributed by atoms with Crippen molar-refractivity contribution in [2.45, 2.75) is 20.0 Å². The third-order valence-electron chi connectivity index (χ3n) is 3.59. The van der Waals surface area contributed by atoms with Crippen molar-refractivity contribution in [3.63, 3.8) is 0 Å². The van der Waals surface area contributed by atoms with Crippen LogP contribution in [0.3, 0.4) is 0 Å². The molecule has 0 saturated carbocycles. The molecule has 0 aliphatic carbocycles. The van der Waals surface area contributed by atoms with Crippen LogP contribution in [-0.4, -0.2) is 19.1 Å². The van der Waals surface area contributed by atoms with Gasteiger partial charge < -0.3 is 14.4 Å². The van der Waals surface area contributed by atoms with Gasteiger partial charge in [0.15, 0.2) is 0 Å². The number of nitrogens with one attached hydrogen (secondary N) is 1. The summed E-state index contributed by atoms with van der Waals surface area (Å²) >= 11 is 2.07. The number of benzene rings is 2. The Morgan fingerprint density at radius 2 is 1.78 bits per heavy atom. The van der Waals surface area contributed by atoms with Gasteiger partial charge in [0, 0.05) is 9.13 Å². The van der Waals surface area contributed by atoms with E-state index in [2.05, 4.69) is 34.0 Å². The second kappa shape index (κ2) is 10.00. The van der Waals surface area contributed by atoms with E-state index < -0.39 is 7.60 Å². The Balaban J connectivity index is 2.09. The van der Waals surface area contributed by atoms with E-state index in [9.17, 15) is 9.36 Å². The van der Waals surface area contributed by atoms with Crippen LogP contribution < -0.4 is 5.32 Å². The Hall–Kier alpha value is -1.72. The number of rotatable bonds is 8. The summed E-state index contributed by atoms with van der Waals surface area (Å²) in [6.45, 7) is 4.15. The van der Waals surface area contributed by atoms with Crippen molar-refractivity contribution in [1.82, 2.24) is 0 Å². The molecule has 0 fully saturated rings. The van der Waals surface area contributed by atoms with Crippen LogP contribution in [0.1, 0.15) is 35.3 Å². The van der Waals surface area contributed by atoms with Crippen molar-refractivity contribution in [2.24, 2.45) is 0 Å². The van der Waals surface area contributed by atoms with Gasteiger partial charge >= 0.3 is 7.60 Å². The molecule has 0 radical (unpaired) electrons. The third-order valence-corrected chi connectivity index (χ3v) is 6.54.